The van der Waals surface area contributed by atoms with E-state index in [4.69, 9.17) is 20.3 Å². The lowest BCUT2D eigenvalue weighted by atomic mass is 10.2. The molecule has 2 aromatic carbocycles. The summed E-state index contributed by atoms with van der Waals surface area (Å²) in [7, 11) is 0. The van der Waals surface area contributed by atoms with E-state index in [0.29, 0.717) is 29.4 Å². The molecule has 2 aromatic rings. The van der Waals surface area contributed by atoms with E-state index in [-0.39, 0.29) is 6.61 Å². The van der Waals surface area contributed by atoms with Crippen LogP contribution in [0.5, 0.6) is 11.5 Å². The van der Waals surface area contributed by atoms with Crippen molar-refractivity contribution in [3.63, 3.8) is 0 Å². The molecule has 5 nitrogen and oxygen atoms in total. The summed E-state index contributed by atoms with van der Waals surface area (Å²) in [5, 5.41) is 9.10. The molecule has 0 saturated carbocycles. The summed E-state index contributed by atoms with van der Waals surface area (Å²) in [4.78, 5) is 11.6. The van der Waals surface area contributed by atoms with Crippen LogP contribution >= 0.6 is 0 Å². The molecule has 0 radical (unpaired) electrons. The quantitative estimate of drug-likeness (QED) is 0.652. The zero-order valence-corrected chi connectivity index (χ0v) is 11.7. The fraction of sp³-hybridized carbons (Fsp3) is 0.188. The molecule has 0 bridgehead atoms. The molecule has 5 heteroatoms. The Labute approximate surface area is 122 Å². The second kappa shape index (κ2) is 6.76. The highest BCUT2D eigenvalue weighted by atomic mass is 16.5. The predicted molar refractivity (Wildman–Crippen MR) is 79.2 cm³/mol. The first-order chi connectivity index (χ1) is 10.1. The number of aliphatic hydroxyl groups is 1. The lowest BCUT2D eigenvalue weighted by Gasteiger charge is -2.10. The van der Waals surface area contributed by atoms with Crippen LogP contribution in [-0.2, 0) is 11.3 Å². The minimum atomic E-state index is -0.418. The summed E-state index contributed by atoms with van der Waals surface area (Å²) in [5.74, 6) is 0.591. The van der Waals surface area contributed by atoms with Crippen molar-refractivity contribution < 1.29 is 19.4 Å². The van der Waals surface area contributed by atoms with Gasteiger partial charge in [0.1, 0.15) is 11.5 Å². The molecule has 0 aliphatic rings. The molecule has 0 spiro atoms. The van der Waals surface area contributed by atoms with Crippen molar-refractivity contribution >= 4 is 11.7 Å². The Morgan fingerprint density at radius 2 is 2.05 bits per heavy atom. The van der Waals surface area contributed by atoms with Crippen molar-refractivity contribution in [3.05, 3.63) is 53.6 Å². The van der Waals surface area contributed by atoms with Gasteiger partial charge in [-0.3, -0.25) is 0 Å². The van der Waals surface area contributed by atoms with Crippen molar-refractivity contribution in [1.82, 2.24) is 0 Å². The first kappa shape index (κ1) is 14.9. The number of benzene rings is 2. The Bertz CT molecular complexity index is 640. The van der Waals surface area contributed by atoms with E-state index in [9.17, 15) is 4.79 Å². The van der Waals surface area contributed by atoms with E-state index in [1.807, 2.05) is 0 Å². The van der Waals surface area contributed by atoms with Crippen molar-refractivity contribution in [2.75, 3.05) is 12.3 Å². The monoisotopic (exact) mass is 287 g/mol. The SMILES string of the molecule is CCOC(=O)c1ccc(Oc2cccc(CO)c2)c(N)c1. The summed E-state index contributed by atoms with van der Waals surface area (Å²) >= 11 is 0. The Hall–Kier alpha value is -2.53. The number of nitrogens with two attached hydrogens (primary N) is 1. The van der Waals surface area contributed by atoms with Crippen LogP contribution in [0.15, 0.2) is 42.5 Å². The maximum Gasteiger partial charge on any atom is 0.338 e. The van der Waals surface area contributed by atoms with Gasteiger partial charge in [0, 0.05) is 0 Å². The van der Waals surface area contributed by atoms with E-state index < -0.39 is 5.97 Å². The highest BCUT2D eigenvalue weighted by molar-refractivity contribution is 5.91. The van der Waals surface area contributed by atoms with E-state index in [0.717, 1.165) is 5.56 Å². The van der Waals surface area contributed by atoms with E-state index >= 15 is 0 Å². The van der Waals surface area contributed by atoms with E-state index in [2.05, 4.69) is 0 Å². The Balaban J connectivity index is 2.19. The zero-order valence-electron chi connectivity index (χ0n) is 11.7. The lowest BCUT2D eigenvalue weighted by molar-refractivity contribution is 0.0526. The summed E-state index contributed by atoms with van der Waals surface area (Å²) in [6, 6.07) is 11.8. The van der Waals surface area contributed by atoms with E-state index in [1.54, 1.807) is 43.3 Å². The van der Waals surface area contributed by atoms with Crippen LogP contribution < -0.4 is 10.5 Å². The molecule has 21 heavy (non-hydrogen) atoms. The molecule has 0 saturated heterocycles. The van der Waals surface area contributed by atoms with Crippen LogP contribution in [0.2, 0.25) is 0 Å². The number of aliphatic hydroxyl groups excluding tert-OH is 1. The number of nitrogen functional groups attached to an aromatic ring is 1. The molecule has 110 valence electrons. The molecule has 0 atom stereocenters. The van der Waals surface area contributed by atoms with Gasteiger partial charge in [-0.15, -0.1) is 0 Å². The molecule has 3 N–H and O–H groups in total. The third kappa shape index (κ3) is 3.73. The van der Waals surface area contributed by atoms with Crippen LogP contribution in [0.4, 0.5) is 5.69 Å². The van der Waals surface area contributed by atoms with Crippen LogP contribution in [0, 0.1) is 0 Å². The average Bonchev–Trinajstić information content (AvgIpc) is 2.49. The highest BCUT2D eigenvalue weighted by Gasteiger charge is 2.10. The first-order valence-corrected chi connectivity index (χ1v) is 6.58. The molecule has 0 fully saturated rings. The Morgan fingerprint density at radius 3 is 2.71 bits per heavy atom. The molecule has 2 rings (SSSR count). The van der Waals surface area contributed by atoms with Gasteiger partial charge in [0.15, 0.2) is 0 Å². The zero-order chi connectivity index (χ0) is 15.2. The van der Waals surface area contributed by atoms with E-state index in [1.165, 1.54) is 6.07 Å². The van der Waals surface area contributed by atoms with Gasteiger partial charge in [-0.25, -0.2) is 4.79 Å². The molecule has 0 heterocycles. The number of esters is 1. The van der Waals surface area contributed by atoms with Crippen LogP contribution in [0.1, 0.15) is 22.8 Å². The van der Waals surface area contributed by atoms with Crippen LogP contribution in [0.25, 0.3) is 0 Å². The number of anilines is 1. The van der Waals surface area contributed by atoms with Crippen molar-refractivity contribution in [1.29, 1.82) is 0 Å². The number of carbonyl (C=O) groups is 1. The average molecular weight is 287 g/mol. The van der Waals surface area contributed by atoms with Gasteiger partial charge < -0.3 is 20.3 Å². The fourth-order valence-electron chi connectivity index (χ4n) is 1.82. The number of ether oxygens (including phenoxy) is 2. The second-order valence-electron chi connectivity index (χ2n) is 4.38. The molecule has 0 unspecified atom stereocenters. The van der Waals surface area contributed by atoms with Crippen LogP contribution in [0.3, 0.4) is 0 Å². The topological polar surface area (TPSA) is 81.8 Å². The van der Waals surface area contributed by atoms with Gasteiger partial charge in [-0.05, 0) is 42.8 Å². The summed E-state index contributed by atoms with van der Waals surface area (Å²) in [5.41, 5.74) is 7.36. The second-order valence-corrected chi connectivity index (χ2v) is 4.38. The highest BCUT2D eigenvalue weighted by Crippen LogP contribution is 2.29. The minimum Gasteiger partial charge on any atom is -0.462 e. The smallest absolute Gasteiger partial charge is 0.338 e. The van der Waals surface area contributed by atoms with Gasteiger partial charge in [-0.2, -0.15) is 0 Å². The van der Waals surface area contributed by atoms with Crippen molar-refractivity contribution in [3.8, 4) is 11.5 Å². The predicted octanol–water partition coefficient (Wildman–Crippen LogP) is 2.73. The maximum absolute atomic E-state index is 11.6. The third-order valence-electron chi connectivity index (χ3n) is 2.83. The standard InChI is InChI=1S/C16H17NO4/c1-2-20-16(19)12-6-7-15(14(17)9-12)21-13-5-3-4-11(8-13)10-18/h3-9,18H,2,10,17H2,1H3. The van der Waals surface area contributed by atoms with Gasteiger partial charge in [0.05, 0.1) is 24.5 Å². The molecule has 0 aliphatic carbocycles. The van der Waals surface area contributed by atoms with Gasteiger partial charge in [0.2, 0.25) is 0 Å². The number of carbonyl (C=O) groups excluding carboxylic acids is 1. The number of hydrogen-bond acceptors (Lipinski definition) is 5. The normalized spacial score (nSPS) is 10.2. The molecule has 0 aromatic heterocycles. The van der Waals surface area contributed by atoms with Crippen molar-refractivity contribution in [2.45, 2.75) is 13.5 Å². The first-order valence-electron chi connectivity index (χ1n) is 6.58. The van der Waals surface area contributed by atoms with Crippen LogP contribution in [-0.4, -0.2) is 17.7 Å². The van der Waals surface area contributed by atoms with Crippen molar-refractivity contribution in [2.24, 2.45) is 0 Å². The van der Waals surface area contributed by atoms with Gasteiger partial charge >= 0.3 is 5.97 Å². The van der Waals surface area contributed by atoms with Gasteiger partial charge in [-0.1, -0.05) is 12.1 Å². The number of rotatable bonds is 5. The Morgan fingerprint density at radius 1 is 1.24 bits per heavy atom. The Kier molecular flexibility index (Phi) is 4.79. The molecular weight excluding hydrogens is 270 g/mol. The lowest BCUT2D eigenvalue weighted by Crippen LogP contribution is -2.05. The molecule has 0 amide bonds. The third-order valence-corrected chi connectivity index (χ3v) is 2.83. The summed E-state index contributed by atoms with van der Waals surface area (Å²) < 4.78 is 10.6. The van der Waals surface area contributed by atoms with Gasteiger partial charge in [0.25, 0.3) is 0 Å². The summed E-state index contributed by atoms with van der Waals surface area (Å²) in [6.45, 7) is 1.99. The molecular formula is C16H17NO4. The summed E-state index contributed by atoms with van der Waals surface area (Å²) in [6.07, 6.45) is 0. The molecule has 0 aliphatic heterocycles. The minimum absolute atomic E-state index is 0.0610. The number of hydrogen-bond donors (Lipinski definition) is 2. The maximum atomic E-state index is 11.6. The fourth-order valence-corrected chi connectivity index (χ4v) is 1.82. The largest absolute Gasteiger partial charge is 0.462 e.